The minimum atomic E-state index is -0.486. The Kier molecular flexibility index (Phi) is 5.78. The van der Waals surface area contributed by atoms with Gasteiger partial charge in [0.05, 0.1) is 19.1 Å². The van der Waals surface area contributed by atoms with Gasteiger partial charge in [0.25, 0.3) is 11.6 Å². The normalized spacial score (nSPS) is 10.0. The number of nitro benzene ring substituents is 1. The Morgan fingerprint density at radius 1 is 1.08 bits per heavy atom. The summed E-state index contributed by atoms with van der Waals surface area (Å²) in [5.74, 6) is 1.09. The average molecular weight is 346 g/mol. The molecule has 25 heavy (non-hydrogen) atoms. The summed E-state index contributed by atoms with van der Waals surface area (Å²) in [6, 6.07) is 9.17. The van der Waals surface area contributed by atoms with Crippen molar-refractivity contribution in [2.45, 2.75) is 6.92 Å². The fraction of sp³-hybridized carbons (Fsp3) is 0.235. The van der Waals surface area contributed by atoms with Crippen LogP contribution < -0.4 is 19.5 Å². The molecule has 0 spiro atoms. The van der Waals surface area contributed by atoms with Crippen molar-refractivity contribution in [1.82, 2.24) is 0 Å². The molecule has 0 bridgehead atoms. The number of benzene rings is 2. The van der Waals surface area contributed by atoms with Crippen LogP contribution in [0.5, 0.6) is 17.2 Å². The number of non-ortho nitro benzene ring substituents is 1. The van der Waals surface area contributed by atoms with E-state index in [0.29, 0.717) is 28.5 Å². The summed E-state index contributed by atoms with van der Waals surface area (Å²) in [4.78, 5) is 22.2. The molecule has 0 radical (unpaired) electrons. The lowest BCUT2D eigenvalue weighted by atomic mass is 10.2. The average Bonchev–Trinajstić information content (AvgIpc) is 2.60. The standard InChI is InChI=1S/C17H18N2O6/c1-11-8-13(19(21)22)5-7-14(11)25-10-17(20)18-12-4-6-15(23-2)16(9-12)24-3/h4-9H,10H2,1-3H3,(H,18,20). The lowest BCUT2D eigenvalue weighted by Crippen LogP contribution is -2.20. The first-order valence-corrected chi connectivity index (χ1v) is 7.34. The summed E-state index contributed by atoms with van der Waals surface area (Å²) in [7, 11) is 3.03. The van der Waals surface area contributed by atoms with Crippen molar-refractivity contribution in [3.63, 3.8) is 0 Å². The first-order chi connectivity index (χ1) is 11.9. The number of amides is 1. The Morgan fingerprint density at radius 2 is 1.76 bits per heavy atom. The van der Waals surface area contributed by atoms with Crippen molar-refractivity contribution in [1.29, 1.82) is 0 Å². The molecule has 2 aromatic rings. The topological polar surface area (TPSA) is 99.9 Å². The number of nitrogens with one attached hydrogen (secondary N) is 1. The van der Waals surface area contributed by atoms with Crippen LogP contribution in [-0.2, 0) is 4.79 Å². The largest absolute Gasteiger partial charge is 0.493 e. The number of carbonyl (C=O) groups is 1. The van der Waals surface area contributed by atoms with E-state index in [1.165, 1.54) is 32.4 Å². The number of carbonyl (C=O) groups excluding carboxylic acids is 1. The molecule has 2 aromatic carbocycles. The van der Waals surface area contributed by atoms with E-state index in [1.807, 2.05) is 0 Å². The highest BCUT2D eigenvalue weighted by molar-refractivity contribution is 5.92. The number of nitrogens with zero attached hydrogens (tertiary/aromatic N) is 1. The number of nitro groups is 1. The minimum absolute atomic E-state index is 0.0281. The molecule has 1 N–H and O–H groups in total. The zero-order valence-corrected chi connectivity index (χ0v) is 14.1. The van der Waals surface area contributed by atoms with E-state index in [-0.39, 0.29) is 18.2 Å². The highest BCUT2D eigenvalue weighted by Crippen LogP contribution is 2.29. The molecule has 0 aromatic heterocycles. The molecule has 0 aliphatic carbocycles. The third-order valence-corrected chi connectivity index (χ3v) is 3.40. The van der Waals surface area contributed by atoms with Gasteiger partial charge < -0.3 is 19.5 Å². The quantitative estimate of drug-likeness (QED) is 0.611. The van der Waals surface area contributed by atoms with Crippen molar-refractivity contribution < 1.29 is 23.9 Å². The van der Waals surface area contributed by atoms with E-state index in [2.05, 4.69) is 5.32 Å². The third kappa shape index (κ3) is 4.60. The van der Waals surface area contributed by atoms with Crippen LogP contribution in [0.15, 0.2) is 36.4 Å². The minimum Gasteiger partial charge on any atom is -0.493 e. The van der Waals surface area contributed by atoms with Gasteiger partial charge in [-0.2, -0.15) is 0 Å². The van der Waals surface area contributed by atoms with Gasteiger partial charge in [0.1, 0.15) is 5.75 Å². The molecular weight excluding hydrogens is 328 g/mol. The predicted molar refractivity (Wildman–Crippen MR) is 91.5 cm³/mol. The smallest absolute Gasteiger partial charge is 0.269 e. The molecule has 0 heterocycles. The number of rotatable bonds is 7. The predicted octanol–water partition coefficient (Wildman–Crippen LogP) is 2.94. The molecule has 1 amide bonds. The molecule has 0 unspecified atom stereocenters. The molecule has 0 fully saturated rings. The summed E-state index contributed by atoms with van der Waals surface area (Å²) in [6.45, 7) is 1.45. The monoisotopic (exact) mass is 346 g/mol. The first-order valence-electron chi connectivity index (χ1n) is 7.34. The Bertz CT molecular complexity index is 791. The van der Waals surface area contributed by atoms with E-state index in [0.717, 1.165) is 0 Å². The molecule has 132 valence electrons. The van der Waals surface area contributed by atoms with Gasteiger partial charge in [-0.1, -0.05) is 0 Å². The summed E-state index contributed by atoms with van der Waals surface area (Å²) >= 11 is 0. The number of hydrogen-bond acceptors (Lipinski definition) is 6. The van der Waals surface area contributed by atoms with Crippen molar-refractivity contribution in [2.75, 3.05) is 26.1 Å². The van der Waals surface area contributed by atoms with Crippen LogP contribution >= 0.6 is 0 Å². The number of methoxy groups -OCH3 is 2. The Labute approximate surface area is 144 Å². The lowest BCUT2D eigenvalue weighted by Gasteiger charge is -2.12. The number of ether oxygens (including phenoxy) is 3. The zero-order chi connectivity index (χ0) is 18.4. The highest BCUT2D eigenvalue weighted by Gasteiger charge is 2.11. The summed E-state index contributed by atoms with van der Waals surface area (Å²) in [6.07, 6.45) is 0. The van der Waals surface area contributed by atoms with E-state index >= 15 is 0 Å². The highest BCUT2D eigenvalue weighted by atomic mass is 16.6. The summed E-state index contributed by atoms with van der Waals surface area (Å²) < 4.78 is 15.7. The van der Waals surface area contributed by atoms with Gasteiger partial charge >= 0.3 is 0 Å². The third-order valence-electron chi connectivity index (χ3n) is 3.40. The maximum absolute atomic E-state index is 12.0. The zero-order valence-electron chi connectivity index (χ0n) is 14.1. The maximum Gasteiger partial charge on any atom is 0.269 e. The van der Waals surface area contributed by atoms with Crippen molar-refractivity contribution in [3.05, 3.63) is 52.1 Å². The summed E-state index contributed by atoms with van der Waals surface area (Å²) in [5, 5.41) is 13.4. The molecular formula is C17H18N2O6. The lowest BCUT2D eigenvalue weighted by molar-refractivity contribution is -0.384. The van der Waals surface area contributed by atoms with Gasteiger partial charge in [0.15, 0.2) is 18.1 Å². The molecule has 0 saturated heterocycles. The van der Waals surface area contributed by atoms with E-state index < -0.39 is 4.92 Å². The maximum atomic E-state index is 12.0. The van der Waals surface area contributed by atoms with Gasteiger partial charge in [-0.3, -0.25) is 14.9 Å². The SMILES string of the molecule is COc1ccc(NC(=O)COc2ccc([N+](=O)[O-])cc2C)cc1OC. The van der Waals surface area contributed by atoms with Crippen LogP contribution in [0, 0.1) is 17.0 Å². The molecule has 0 aliphatic rings. The second-order valence-corrected chi connectivity index (χ2v) is 5.11. The molecule has 0 aliphatic heterocycles. The van der Waals surface area contributed by atoms with E-state index in [9.17, 15) is 14.9 Å². The number of aryl methyl sites for hydroxylation is 1. The molecule has 8 heteroatoms. The Hall–Kier alpha value is -3.29. The second-order valence-electron chi connectivity index (χ2n) is 5.11. The Balaban J connectivity index is 1.98. The van der Waals surface area contributed by atoms with Crippen LogP contribution in [0.2, 0.25) is 0 Å². The van der Waals surface area contributed by atoms with Crippen LogP contribution in [0.3, 0.4) is 0 Å². The number of hydrogen-bond donors (Lipinski definition) is 1. The van der Waals surface area contributed by atoms with Gasteiger partial charge in [-0.25, -0.2) is 0 Å². The fourth-order valence-electron chi connectivity index (χ4n) is 2.16. The summed E-state index contributed by atoms with van der Waals surface area (Å²) in [5.41, 5.74) is 1.08. The van der Waals surface area contributed by atoms with Crippen molar-refractivity contribution >= 4 is 17.3 Å². The van der Waals surface area contributed by atoms with Crippen LogP contribution in [0.25, 0.3) is 0 Å². The van der Waals surface area contributed by atoms with E-state index in [4.69, 9.17) is 14.2 Å². The van der Waals surface area contributed by atoms with Gasteiger partial charge in [-0.15, -0.1) is 0 Å². The molecule has 8 nitrogen and oxygen atoms in total. The van der Waals surface area contributed by atoms with E-state index in [1.54, 1.807) is 25.1 Å². The Morgan fingerprint density at radius 3 is 2.36 bits per heavy atom. The van der Waals surface area contributed by atoms with Crippen LogP contribution in [-0.4, -0.2) is 31.7 Å². The van der Waals surface area contributed by atoms with Gasteiger partial charge in [-0.05, 0) is 30.7 Å². The van der Waals surface area contributed by atoms with Gasteiger partial charge in [0.2, 0.25) is 0 Å². The molecule has 2 rings (SSSR count). The first kappa shape index (κ1) is 18.1. The van der Waals surface area contributed by atoms with Crippen molar-refractivity contribution in [3.8, 4) is 17.2 Å². The number of anilines is 1. The fourth-order valence-corrected chi connectivity index (χ4v) is 2.16. The molecule has 0 saturated carbocycles. The van der Waals surface area contributed by atoms with Gasteiger partial charge in [0, 0.05) is 23.9 Å². The molecule has 0 atom stereocenters. The van der Waals surface area contributed by atoms with Crippen LogP contribution in [0.1, 0.15) is 5.56 Å². The van der Waals surface area contributed by atoms with Crippen molar-refractivity contribution in [2.24, 2.45) is 0 Å². The van der Waals surface area contributed by atoms with Crippen LogP contribution in [0.4, 0.5) is 11.4 Å². The second kappa shape index (κ2) is 8.00.